The van der Waals surface area contributed by atoms with Crippen molar-refractivity contribution in [2.45, 2.75) is 25.3 Å². The van der Waals surface area contributed by atoms with E-state index in [1.54, 1.807) is 18.3 Å². The zero-order valence-electron chi connectivity index (χ0n) is 13.2. The van der Waals surface area contributed by atoms with Crippen molar-refractivity contribution in [1.82, 2.24) is 9.55 Å². The molecule has 0 aliphatic heterocycles. The Kier molecular flexibility index (Phi) is 4.22. The van der Waals surface area contributed by atoms with Gasteiger partial charge in [0.25, 0.3) is 0 Å². The van der Waals surface area contributed by atoms with E-state index in [4.69, 9.17) is 0 Å². The van der Waals surface area contributed by atoms with Crippen molar-refractivity contribution >= 4 is 43.5 Å². The summed E-state index contributed by atoms with van der Waals surface area (Å²) >= 11 is 2.35. The molecular formula is C17H17IN2O2S. The molecule has 0 saturated heterocycles. The highest BCUT2D eigenvalue weighted by Gasteiger charge is 2.15. The van der Waals surface area contributed by atoms with Crippen LogP contribution in [0.25, 0.3) is 11.0 Å². The number of hydrogen-bond donors (Lipinski definition) is 0. The van der Waals surface area contributed by atoms with Gasteiger partial charge in [0, 0.05) is 33.6 Å². The van der Waals surface area contributed by atoms with Crippen LogP contribution in [0.2, 0.25) is 0 Å². The molecule has 1 aromatic carbocycles. The fourth-order valence-electron chi connectivity index (χ4n) is 2.70. The summed E-state index contributed by atoms with van der Waals surface area (Å²) in [7, 11) is -3.17. The van der Waals surface area contributed by atoms with Crippen LogP contribution in [0.1, 0.15) is 16.8 Å². The summed E-state index contributed by atoms with van der Waals surface area (Å²) in [5.74, 6) is 0. The van der Waals surface area contributed by atoms with Crippen LogP contribution in [0, 0.1) is 17.4 Å². The fraction of sp³-hybridized carbons (Fsp3) is 0.235. The van der Waals surface area contributed by atoms with Gasteiger partial charge in [0.15, 0.2) is 9.84 Å². The molecule has 0 unspecified atom stereocenters. The number of pyridine rings is 1. The van der Waals surface area contributed by atoms with Gasteiger partial charge < -0.3 is 4.57 Å². The Morgan fingerprint density at radius 1 is 1.22 bits per heavy atom. The molecule has 2 heterocycles. The molecular weight excluding hydrogens is 423 g/mol. The average molecular weight is 440 g/mol. The molecule has 23 heavy (non-hydrogen) atoms. The summed E-state index contributed by atoms with van der Waals surface area (Å²) in [5.41, 5.74) is 4.20. The minimum Gasteiger partial charge on any atom is -0.324 e. The molecule has 0 N–H and O–H groups in total. The molecule has 3 aromatic rings. The quantitative estimate of drug-likeness (QED) is 0.584. The minimum absolute atomic E-state index is 0.362. The summed E-state index contributed by atoms with van der Waals surface area (Å²) in [5, 5.41) is 1.15. The van der Waals surface area contributed by atoms with Crippen LogP contribution in [0.4, 0.5) is 0 Å². The Bertz CT molecular complexity index is 1010. The third kappa shape index (κ3) is 3.01. The summed E-state index contributed by atoms with van der Waals surface area (Å²) in [6.07, 6.45) is 3.03. The molecule has 0 aliphatic carbocycles. The maximum Gasteiger partial charge on any atom is 0.175 e. The number of fused-ring (bicyclic) bond motifs is 1. The smallest absolute Gasteiger partial charge is 0.175 e. The van der Waals surface area contributed by atoms with E-state index < -0.39 is 9.84 Å². The van der Waals surface area contributed by atoms with Gasteiger partial charge in [-0.05, 0) is 71.8 Å². The maximum absolute atomic E-state index is 11.7. The fourth-order valence-corrected chi connectivity index (χ4v) is 4.11. The van der Waals surface area contributed by atoms with Gasteiger partial charge in [-0.25, -0.2) is 13.4 Å². The lowest BCUT2D eigenvalue weighted by molar-refractivity contribution is 0.601. The molecule has 4 nitrogen and oxygen atoms in total. The monoisotopic (exact) mass is 440 g/mol. The lowest BCUT2D eigenvalue weighted by Gasteiger charge is -2.11. The molecule has 0 saturated carbocycles. The Labute approximate surface area is 149 Å². The van der Waals surface area contributed by atoms with Gasteiger partial charge in [-0.15, -0.1) is 0 Å². The van der Waals surface area contributed by atoms with Gasteiger partial charge in [0.1, 0.15) is 5.65 Å². The van der Waals surface area contributed by atoms with E-state index in [-0.39, 0.29) is 0 Å². The van der Waals surface area contributed by atoms with E-state index in [1.807, 2.05) is 19.1 Å². The van der Waals surface area contributed by atoms with Gasteiger partial charge in [-0.2, -0.15) is 0 Å². The highest BCUT2D eigenvalue weighted by molar-refractivity contribution is 14.1. The van der Waals surface area contributed by atoms with Gasteiger partial charge in [0.2, 0.25) is 0 Å². The lowest BCUT2D eigenvalue weighted by Crippen LogP contribution is -2.06. The number of sulfone groups is 1. The Morgan fingerprint density at radius 2 is 1.96 bits per heavy atom. The van der Waals surface area contributed by atoms with E-state index in [1.165, 1.54) is 15.5 Å². The SMILES string of the molecule is Cc1cc(S(C)(=O)=O)ccc1Cn1c(C)c(I)c2cccnc21. The average Bonchev–Trinajstić information content (AvgIpc) is 2.73. The normalized spacial score (nSPS) is 12.0. The number of halogens is 1. The molecule has 0 bridgehead atoms. The van der Waals surface area contributed by atoms with Gasteiger partial charge >= 0.3 is 0 Å². The largest absolute Gasteiger partial charge is 0.324 e. The van der Waals surface area contributed by atoms with Gasteiger partial charge in [-0.3, -0.25) is 0 Å². The van der Waals surface area contributed by atoms with Crippen LogP contribution in [0.15, 0.2) is 41.4 Å². The van der Waals surface area contributed by atoms with Crippen molar-refractivity contribution in [3.63, 3.8) is 0 Å². The van der Waals surface area contributed by atoms with Crippen LogP contribution >= 0.6 is 22.6 Å². The molecule has 0 atom stereocenters. The zero-order chi connectivity index (χ0) is 16.8. The first kappa shape index (κ1) is 16.4. The topological polar surface area (TPSA) is 52.0 Å². The summed E-state index contributed by atoms with van der Waals surface area (Å²) in [6, 6.07) is 9.33. The second kappa shape index (κ2) is 5.90. The second-order valence-electron chi connectivity index (χ2n) is 5.72. The Morgan fingerprint density at radius 3 is 2.61 bits per heavy atom. The van der Waals surface area contributed by atoms with Crippen molar-refractivity contribution < 1.29 is 8.42 Å². The van der Waals surface area contributed by atoms with E-state index in [0.717, 1.165) is 22.2 Å². The van der Waals surface area contributed by atoms with Crippen molar-refractivity contribution in [2.75, 3.05) is 6.26 Å². The Balaban J connectivity index is 2.08. The zero-order valence-corrected chi connectivity index (χ0v) is 16.1. The second-order valence-corrected chi connectivity index (χ2v) is 8.82. The molecule has 6 heteroatoms. The Hall–Kier alpha value is -1.41. The van der Waals surface area contributed by atoms with E-state index >= 15 is 0 Å². The summed E-state index contributed by atoms with van der Waals surface area (Å²) in [6.45, 7) is 4.71. The molecule has 0 radical (unpaired) electrons. The van der Waals surface area contributed by atoms with Crippen molar-refractivity contribution in [1.29, 1.82) is 0 Å². The third-order valence-electron chi connectivity index (χ3n) is 4.07. The highest BCUT2D eigenvalue weighted by atomic mass is 127. The highest BCUT2D eigenvalue weighted by Crippen LogP contribution is 2.27. The molecule has 0 aliphatic rings. The number of nitrogens with zero attached hydrogens (tertiary/aromatic N) is 2. The van der Waals surface area contributed by atoms with E-state index in [2.05, 4.69) is 45.1 Å². The van der Waals surface area contributed by atoms with Crippen LogP contribution in [0.3, 0.4) is 0 Å². The number of aryl methyl sites for hydroxylation is 1. The molecule has 0 fully saturated rings. The molecule has 0 amide bonds. The minimum atomic E-state index is -3.17. The van der Waals surface area contributed by atoms with E-state index in [9.17, 15) is 8.42 Å². The molecule has 2 aromatic heterocycles. The first-order valence-electron chi connectivity index (χ1n) is 7.18. The number of rotatable bonds is 3. The summed E-state index contributed by atoms with van der Waals surface area (Å²) in [4.78, 5) is 4.87. The molecule has 0 spiro atoms. The van der Waals surface area contributed by atoms with Crippen molar-refractivity contribution in [3.8, 4) is 0 Å². The predicted molar refractivity (Wildman–Crippen MR) is 101 cm³/mol. The van der Waals surface area contributed by atoms with Crippen LogP contribution in [0.5, 0.6) is 0 Å². The third-order valence-corrected chi connectivity index (χ3v) is 6.54. The summed E-state index contributed by atoms with van der Waals surface area (Å²) < 4.78 is 26.7. The molecule has 3 rings (SSSR count). The maximum atomic E-state index is 11.7. The van der Waals surface area contributed by atoms with Crippen molar-refractivity contribution in [3.05, 3.63) is 56.9 Å². The van der Waals surface area contributed by atoms with Gasteiger partial charge in [-0.1, -0.05) is 6.07 Å². The predicted octanol–water partition coefficient (Wildman–Crippen LogP) is 3.71. The first-order valence-corrected chi connectivity index (χ1v) is 10.1. The van der Waals surface area contributed by atoms with E-state index in [0.29, 0.717) is 11.4 Å². The standard InChI is InChI=1S/C17H17IN2O2S/c1-11-9-14(23(3,21)22)7-6-13(11)10-20-12(2)16(18)15-5-4-8-19-17(15)20/h4-9H,10H2,1-3H3. The lowest BCUT2D eigenvalue weighted by atomic mass is 10.1. The van der Waals surface area contributed by atoms with Crippen molar-refractivity contribution in [2.24, 2.45) is 0 Å². The first-order chi connectivity index (χ1) is 10.8. The van der Waals surface area contributed by atoms with Crippen LogP contribution < -0.4 is 0 Å². The molecule has 120 valence electrons. The van der Waals surface area contributed by atoms with Gasteiger partial charge in [0.05, 0.1) is 4.90 Å². The number of hydrogen-bond acceptors (Lipinski definition) is 3. The number of benzene rings is 1. The van der Waals surface area contributed by atoms with Crippen LogP contribution in [-0.4, -0.2) is 24.2 Å². The van der Waals surface area contributed by atoms with Crippen LogP contribution in [-0.2, 0) is 16.4 Å². The number of aromatic nitrogens is 2.